The Bertz CT molecular complexity index is 488. The van der Waals surface area contributed by atoms with Gasteiger partial charge in [0.25, 0.3) is 0 Å². The van der Waals surface area contributed by atoms with Crippen molar-refractivity contribution in [3.8, 4) is 0 Å². The summed E-state index contributed by atoms with van der Waals surface area (Å²) in [6.07, 6.45) is 3.19. The molecule has 1 aliphatic rings. The van der Waals surface area contributed by atoms with Crippen molar-refractivity contribution in [2.24, 2.45) is 13.0 Å². The van der Waals surface area contributed by atoms with Crippen LogP contribution in [0, 0.1) is 5.92 Å². The minimum absolute atomic E-state index is 0.0413. The zero-order valence-electron chi connectivity index (χ0n) is 9.34. The van der Waals surface area contributed by atoms with Gasteiger partial charge in [-0.15, -0.1) is 0 Å². The van der Waals surface area contributed by atoms with Gasteiger partial charge in [-0.3, -0.25) is 4.68 Å². The van der Waals surface area contributed by atoms with Gasteiger partial charge in [0.15, 0.2) is 5.82 Å². The molecule has 0 amide bonds. The molecule has 7 heteroatoms. The summed E-state index contributed by atoms with van der Waals surface area (Å²) in [6.45, 7) is 2.10. The summed E-state index contributed by atoms with van der Waals surface area (Å²) in [7, 11) is -1.87. The highest BCUT2D eigenvalue weighted by Crippen LogP contribution is 2.28. The van der Waals surface area contributed by atoms with E-state index in [0.717, 1.165) is 12.8 Å². The molecule has 0 bridgehead atoms. The topological polar surface area (TPSA) is 90.0 Å². The van der Waals surface area contributed by atoms with E-state index >= 15 is 0 Å². The van der Waals surface area contributed by atoms with Crippen LogP contribution >= 0.6 is 0 Å². The molecule has 16 heavy (non-hydrogen) atoms. The molecule has 0 saturated heterocycles. The number of sulfonamides is 1. The maximum atomic E-state index is 11.9. The van der Waals surface area contributed by atoms with Crippen LogP contribution in [-0.2, 0) is 17.1 Å². The third-order valence-corrected chi connectivity index (χ3v) is 4.34. The van der Waals surface area contributed by atoms with Gasteiger partial charge in [0.05, 0.1) is 0 Å². The Balaban J connectivity index is 2.16. The first-order valence-corrected chi connectivity index (χ1v) is 6.68. The highest BCUT2D eigenvalue weighted by Gasteiger charge is 2.31. The molecule has 90 valence electrons. The fourth-order valence-electron chi connectivity index (χ4n) is 1.97. The van der Waals surface area contributed by atoms with E-state index in [9.17, 15) is 8.42 Å². The van der Waals surface area contributed by atoms with Gasteiger partial charge < -0.3 is 5.73 Å². The second kappa shape index (κ2) is 3.74. The maximum Gasteiger partial charge on any atom is 0.246 e. The van der Waals surface area contributed by atoms with Crippen LogP contribution in [0.5, 0.6) is 0 Å². The number of nitrogens with two attached hydrogens (primary N) is 1. The summed E-state index contributed by atoms with van der Waals surface area (Å²) in [5.41, 5.74) is 5.54. The number of aryl methyl sites for hydroxylation is 1. The molecular formula is C9H16N4O2S. The molecule has 1 aromatic heterocycles. The number of rotatable bonds is 3. The lowest BCUT2D eigenvalue weighted by molar-refractivity contribution is 0.270. The molecule has 1 fully saturated rings. The third kappa shape index (κ3) is 2.05. The molecule has 6 nitrogen and oxygen atoms in total. The average Bonchev–Trinajstić information content (AvgIpc) is 2.43. The second-order valence-corrected chi connectivity index (χ2v) is 6.13. The normalized spacial score (nSPS) is 25.4. The molecule has 1 heterocycles. The van der Waals surface area contributed by atoms with Gasteiger partial charge in [0.2, 0.25) is 10.0 Å². The van der Waals surface area contributed by atoms with Crippen molar-refractivity contribution >= 4 is 15.8 Å². The van der Waals surface area contributed by atoms with Crippen LogP contribution in [0.15, 0.2) is 11.1 Å². The van der Waals surface area contributed by atoms with Crippen molar-refractivity contribution in [3.05, 3.63) is 6.20 Å². The molecule has 0 spiro atoms. The highest BCUT2D eigenvalue weighted by atomic mass is 32.2. The van der Waals surface area contributed by atoms with Crippen molar-refractivity contribution in [2.75, 3.05) is 5.73 Å². The summed E-state index contributed by atoms with van der Waals surface area (Å²) < 4.78 is 27.9. The van der Waals surface area contributed by atoms with Gasteiger partial charge in [-0.25, -0.2) is 13.1 Å². The number of nitrogen functional groups attached to an aromatic ring is 1. The predicted molar refractivity (Wildman–Crippen MR) is 60.1 cm³/mol. The Hall–Kier alpha value is -1.08. The Morgan fingerprint density at radius 1 is 1.56 bits per heavy atom. The molecule has 0 radical (unpaired) electrons. The zero-order valence-corrected chi connectivity index (χ0v) is 10.2. The first-order valence-electron chi connectivity index (χ1n) is 5.20. The maximum absolute atomic E-state index is 11.9. The molecule has 3 N–H and O–H groups in total. The first-order chi connectivity index (χ1) is 7.38. The summed E-state index contributed by atoms with van der Waals surface area (Å²) >= 11 is 0. The molecule has 0 unspecified atom stereocenters. The van der Waals surface area contributed by atoms with Crippen LogP contribution in [0.4, 0.5) is 5.82 Å². The lowest BCUT2D eigenvalue weighted by atomic mass is 9.83. The molecule has 0 atom stereocenters. The highest BCUT2D eigenvalue weighted by molar-refractivity contribution is 7.89. The first kappa shape index (κ1) is 11.4. The summed E-state index contributed by atoms with van der Waals surface area (Å²) in [5, 5.41) is 3.82. The number of hydrogen-bond donors (Lipinski definition) is 2. The van der Waals surface area contributed by atoms with Gasteiger partial charge in [-0.05, 0) is 18.8 Å². The Kier molecular flexibility index (Phi) is 2.67. The Morgan fingerprint density at radius 2 is 2.19 bits per heavy atom. The van der Waals surface area contributed by atoms with E-state index in [1.807, 2.05) is 0 Å². The summed E-state index contributed by atoms with van der Waals surface area (Å²) in [6, 6.07) is 0.0413. The fourth-order valence-corrected chi connectivity index (χ4v) is 3.34. The van der Waals surface area contributed by atoms with Crippen molar-refractivity contribution in [1.29, 1.82) is 0 Å². The smallest absolute Gasteiger partial charge is 0.246 e. The summed E-state index contributed by atoms with van der Waals surface area (Å²) in [5.74, 6) is 0.640. The monoisotopic (exact) mass is 244 g/mol. The second-order valence-electron chi connectivity index (χ2n) is 4.45. The molecule has 1 aromatic rings. The molecule has 2 rings (SSSR count). The minimum Gasteiger partial charge on any atom is -0.381 e. The quantitative estimate of drug-likeness (QED) is 0.788. The van der Waals surface area contributed by atoms with Crippen LogP contribution < -0.4 is 10.5 Å². The zero-order chi connectivity index (χ0) is 11.9. The Labute approximate surface area is 94.9 Å². The lowest BCUT2D eigenvalue weighted by Crippen LogP contribution is -2.43. The van der Waals surface area contributed by atoms with Crippen molar-refractivity contribution in [3.63, 3.8) is 0 Å². The lowest BCUT2D eigenvalue weighted by Gasteiger charge is -2.32. The minimum atomic E-state index is -3.51. The average molecular weight is 244 g/mol. The molecule has 0 aromatic carbocycles. The van der Waals surface area contributed by atoms with Crippen LogP contribution in [0.1, 0.15) is 19.8 Å². The number of aromatic nitrogens is 2. The van der Waals surface area contributed by atoms with Gasteiger partial charge >= 0.3 is 0 Å². The van der Waals surface area contributed by atoms with Crippen LogP contribution in [0.2, 0.25) is 0 Å². The number of nitrogens with zero attached hydrogens (tertiary/aromatic N) is 2. The largest absolute Gasteiger partial charge is 0.381 e. The van der Waals surface area contributed by atoms with E-state index in [1.54, 1.807) is 7.05 Å². The van der Waals surface area contributed by atoms with Gasteiger partial charge in [0.1, 0.15) is 4.90 Å². The Morgan fingerprint density at radius 3 is 2.62 bits per heavy atom. The van der Waals surface area contributed by atoms with E-state index < -0.39 is 10.0 Å². The number of hydrogen-bond acceptors (Lipinski definition) is 4. The van der Waals surface area contributed by atoms with E-state index in [2.05, 4.69) is 16.7 Å². The standard InChI is InChI=1S/C9H16N4O2S/c1-6-3-7(4-6)12-16(14,15)8-5-13(2)11-9(8)10/h5-7,12H,3-4H2,1-2H3,(H2,10,11). The molecule has 1 saturated carbocycles. The molecule has 0 aliphatic heterocycles. The van der Waals surface area contributed by atoms with Crippen molar-refractivity contribution in [2.45, 2.75) is 30.7 Å². The number of anilines is 1. The predicted octanol–water partition coefficient (Wildman–Crippen LogP) is 0.0791. The molecular weight excluding hydrogens is 228 g/mol. The van der Waals surface area contributed by atoms with E-state index in [0.29, 0.717) is 5.92 Å². The fraction of sp³-hybridized carbons (Fsp3) is 0.667. The van der Waals surface area contributed by atoms with Crippen LogP contribution in [-0.4, -0.2) is 24.2 Å². The van der Waals surface area contributed by atoms with E-state index in [1.165, 1.54) is 10.9 Å². The van der Waals surface area contributed by atoms with E-state index in [-0.39, 0.29) is 16.8 Å². The van der Waals surface area contributed by atoms with Gasteiger partial charge in [-0.1, -0.05) is 6.92 Å². The van der Waals surface area contributed by atoms with E-state index in [4.69, 9.17) is 5.73 Å². The third-order valence-electron chi connectivity index (χ3n) is 2.81. The van der Waals surface area contributed by atoms with Gasteiger partial charge in [-0.2, -0.15) is 5.10 Å². The van der Waals surface area contributed by atoms with Gasteiger partial charge in [0, 0.05) is 19.3 Å². The van der Waals surface area contributed by atoms with Crippen molar-refractivity contribution in [1.82, 2.24) is 14.5 Å². The number of nitrogens with one attached hydrogen (secondary N) is 1. The van der Waals surface area contributed by atoms with Crippen LogP contribution in [0.3, 0.4) is 0 Å². The van der Waals surface area contributed by atoms with Crippen molar-refractivity contribution < 1.29 is 8.42 Å². The molecule has 1 aliphatic carbocycles. The SMILES string of the molecule is CC1CC(NS(=O)(=O)c2cn(C)nc2N)C1. The van der Waals surface area contributed by atoms with Crippen LogP contribution in [0.25, 0.3) is 0 Å². The summed E-state index contributed by atoms with van der Waals surface area (Å²) in [4.78, 5) is 0.0644.